The summed E-state index contributed by atoms with van der Waals surface area (Å²) in [5.41, 5.74) is 2.05. The lowest BCUT2D eigenvalue weighted by Gasteiger charge is -2.35. The molecule has 0 bridgehead atoms. The van der Waals surface area contributed by atoms with Gasteiger partial charge in [-0.1, -0.05) is 30.3 Å². The van der Waals surface area contributed by atoms with E-state index in [4.69, 9.17) is 4.74 Å². The topological polar surface area (TPSA) is 45.7 Å². The van der Waals surface area contributed by atoms with Crippen LogP contribution in [0, 0.1) is 0 Å². The number of carbonyl (C=O) groups is 1. The van der Waals surface area contributed by atoms with Gasteiger partial charge < -0.3 is 9.64 Å². The van der Waals surface area contributed by atoms with Crippen LogP contribution in [-0.4, -0.2) is 59.6 Å². The van der Waals surface area contributed by atoms with Gasteiger partial charge in [0, 0.05) is 31.1 Å². The lowest BCUT2D eigenvalue weighted by molar-refractivity contribution is -0.135. The number of nitrogens with zero attached hydrogens (tertiary/aromatic N) is 3. The average Bonchev–Trinajstić information content (AvgIpc) is 3.03. The summed E-state index contributed by atoms with van der Waals surface area (Å²) < 4.78 is 5.72. The summed E-state index contributed by atoms with van der Waals surface area (Å²) in [5.74, 6) is 0.121. The third-order valence-corrected chi connectivity index (χ3v) is 5.19. The van der Waals surface area contributed by atoms with Gasteiger partial charge in [-0.3, -0.25) is 9.69 Å². The van der Waals surface area contributed by atoms with Crippen molar-refractivity contribution < 1.29 is 9.53 Å². The molecule has 0 spiro atoms. The van der Waals surface area contributed by atoms with E-state index in [1.165, 1.54) is 0 Å². The standard InChI is InChI=1S/C19H25N3O2S/c1-14-9-22(10-15(2)24-14)12-18(23)21(3)11-17-13-25-19(20-17)16-7-5-4-6-8-16/h4-8,13-15H,9-12H2,1-3H3/t14-,15+. The number of carbonyl (C=O) groups excluding carboxylic acids is 1. The van der Waals surface area contributed by atoms with Gasteiger partial charge >= 0.3 is 0 Å². The van der Waals surface area contributed by atoms with Crippen LogP contribution in [0.3, 0.4) is 0 Å². The van der Waals surface area contributed by atoms with E-state index in [9.17, 15) is 4.79 Å². The maximum Gasteiger partial charge on any atom is 0.236 e. The van der Waals surface area contributed by atoms with Crippen LogP contribution in [0.1, 0.15) is 19.5 Å². The number of rotatable bonds is 5. The number of thiazole rings is 1. The lowest BCUT2D eigenvalue weighted by atomic mass is 10.2. The van der Waals surface area contributed by atoms with E-state index >= 15 is 0 Å². The van der Waals surface area contributed by atoms with Gasteiger partial charge in [0.05, 0.1) is 31.0 Å². The molecule has 2 heterocycles. The Kier molecular flexibility index (Phi) is 5.83. The van der Waals surface area contributed by atoms with Crippen molar-refractivity contribution in [1.82, 2.24) is 14.8 Å². The Labute approximate surface area is 153 Å². The van der Waals surface area contributed by atoms with Gasteiger partial charge in [0.1, 0.15) is 5.01 Å². The summed E-state index contributed by atoms with van der Waals surface area (Å²) in [6.07, 6.45) is 0.350. The average molecular weight is 359 g/mol. The highest BCUT2D eigenvalue weighted by Crippen LogP contribution is 2.23. The molecule has 1 aliphatic heterocycles. The monoisotopic (exact) mass is 359 g/mol. The molecule has 1 amide bonds. The zero-order valence-corrected chi connectivity index (χ0v) is 15.8. The smallest absolute Gasteiger partial charge is 0.236 e. The Bertz CT molecular complexity index is 694. The fraction of sp³-hybridized carbons (Fsp3) is 0.474. The van der Waals surface area contributed by atoms with E-state index in [0.29, 0.717) is 13.1 Å². The van der Waals surface area contributed by atoms with Gasteiger partial charge in [0.15, 0.2) is 0 Å². The minimum Gasteiger partial charge on any atom is -0.373 e. The van der Waals surface area contributed by atoms with Crippen LogP contribution in [-0.2, 0) is 16.1 Å². The number of ether oxygens (including phenoxy) is 1. The fourth-order valence-electron chi connectivity index (χ4n) is 3.15. The molecule has 134 valence electrons. The van der Waals surface area contributed by atoms with Gasteiger partial charge in [0.2, 0.25) is 5.91 Å². The molecule has 6 heteroatoms. The van der Waals surface area contributed by atoms with Crippen LogP contribution in [0.15, 0.2) is 35.7 Å². The Morgan fingerprint density at radius 3 is 2.64 bits per heavy atom. The predicted octanol–water partition coefficient (Wildman–Crippen LogP) is 2.88. The zero-order valence-electron chi connectivity index (χ0n) is 15.0. The van der Waals surface area contributed by atoms with E-state index in [-0.39, 0.29) is 18.1 Å². The number of aromatic nitrogens is 1. The van der Waals surface area contributed by atoms with Crippen LogP contribution in [0.2, 0.25) is 0 Å². The van der Waals surface area contributed by atoms with E-state index in [2.05, 4.69) is 35.9 Å². The molecule has 0 unspecified atom stereocenters. The molecule has 2 aromatic rings. The SMILES string of the molecule is C[C@@H]1CN(CC(=O)N(C)Cc2csc(-c3ccccc3)n2)C[C@H](C)O1. The minimum atomic E-state index is 0.121. The normalized spacial score (nSPS) is 21.2. The van der Waals surface area contributed by atoms with Crippen molar-refractivity contribution >= 4 is 17.2 Å². The fourth-order valence-corrected chi connectivity index (χ4v) is 3.97. The van der Waals surface area contributed by atoms with Crippen LogP contribution >= 0.6 is 11.3 Å². The van der Waals surface area contributed by atoms with Gasteiger partial charge in [0.25, 0.3) is 0 Å². The molecule has 1 fully saturated rings. The highest BCUT2D eigenvalue weighted by Gasteiger charge is 2.24. The first-order chi connectivity index (χ1) is 12.0. The highest BCUT2D eigenvalue weighted by molar-refractivity contribution is 7.13. The molecule has 1 aromatic heterocycles. The Balaban J connectivity index is 1.56. The number of morpholine rings is 1. The highest BCUT2D eigenvalue weighted by atomic mass is 32.1. The van der Waals surface area contributed by atoms with E-state index in [1.54, 1.807) is 16.2 Å². The Hall–Kier alpha value is -1.76. The molecule has 3 rings (SSSR count). The van der Waals surface area contributed by atoms with Crippen molar-refractivity contribution in [1.29, 1.82) is 0 Å². The maximum atomic E-state index is 12.5. The molecule has 0 N–H and O–H groups in total. The summed E-state index contributed by atoms with van der Waals surface area (Å²) in [6, 6.07) is 10.1. The molecule has 1 saturated heterocycles. The first kappa shape index (κ1) is 18.0. The van der Waals surface area contributed by atoms with Crippen molar-refractivity contribution in [3.63, 3.8) is 0 Å². The molecular weight excluding hydrogens is 334 g/mol. The molecule has 25 heavy (non-hydrogen) atoms. The molecule has 1 aromatic carbocycles. The Morgan fingerprint density at radius 2 is 1.96 bits per heavy atom. The van der Waals surface area contributed by atoms with Crippen LogP contribution in [0.5, 0.6) is 0 Å². The van der Waals surface area contributed by atoms with E-state index in [1.807, 2.05) is 30.6 Å². The predicted molar refractivity (Wildman–Crippen MR) is 100 cm³/mol. The van der Waals surface area contributed by atoms with Crippen LogP contribution < -0.4 is 0 Å². The summed E-state index contributed by atoms with van der Waals surface area (Å²) in [7, 11) is 1.84. The minimum absolute atomic E-state index is 0.121. The van der Waals surface area contributed by atoms with Crippen molar-refractivity contribution in [2.24, 2.45) is 0 Å². The summed E-state index contributed by atoms with van der Waals surface area (Å²) >= 11 is 1.62. The van der Waals surface area contributed by atoms with Gasteiger partial charge in [-0.15, -0.1) is 11.3 Å². The van der Waals surface area contributed by atoms with Crippen molar-refractivity contribution in [2.75, 3.05) is 26.7 Å². The summed E-state index contributed by atoms with van der Waals surface area (Å²) in [6.45, 7) is 6.69. The van der Waals surface area contributed by atoms with Crippen LogP contribution in [0.25, 0.3) is 10.6 Å². The van der Waals surface area contributed by atoms with Gasteiger partial charge in [-0.05, 0) is 13.8 Å². The van der Waals surface area contributed by atoms with Crippen molar-refractivity contribution in [3.8, 4) is 10.6 Å². The summed E-state index contributed by atoms with van der Waals surface area (Å²) in [5, 5.41) is 3.03. The third kappa shape index (κ3) is 4.87. The number of hydrogen-bond donors (Lipinski definition) is 0. The number of likely N-dealkylation sites (N-methyl/N-ethyl adjacent to an activating group) is 1. The van der Waals surface area contributed by atoms with Gasteiger partial charge in [-0.25, -0.2) is 4.98 Å². The second kappa shape index (κ2) is 8.08. The van der Waals surface area contributed by atoms with Crippen molar-refractivity contribution in [3.05, 3.63) is 41.4 Å². The molecular formula is C19H25N3O2S. The van der Waals surface area contributed by atoms with Crippen molar-refractivity contribution in [2.45, 2.75) is 32.6 Å². The van der Waals surface area contributed by atoms with Gasteiger partial charge in [-0.2, -0.15) is 0 Å². The lowest BCUT2D eigenvalue weighted by Crippen LogP contribution is -2.49. The number of hydrogen-bond acceptors (Lipinski definition) is 5. The molecule has 0 saturated carbocycles. The quantitative estimate of drug-likeness (QED) is 0.823. The van der Waals surface area contributed by atoms with E-state index in [0.717, 1.165) is 29.4 Å². The first-order valence-corrected chi connectivity index (χ1v) is 9.51. The molecule has 0 radical (unpaired) electrons. The van der Waals surface area contributed by atoms with Crippen LogP contribution in [0.4, 0.5) is 0 Å². The Morgan fingerprint density at radius 1 is 1.28 bits per heavy atom. The van der Waals surface area contributed by atoms with E-state index < -0.39 is 0 Å². The molecule has 5 nitrogen and oxygen atoms in total. The number of amides is 1. The zero-order chi connectivity index (χ0) is 17.8. The maximum absolute atomic E-state index is 12.5. The molecule has 1 aliphatic rings. The first-order valence-electron chi connectivity index (χ1n) is 8.63. The largest absolute Gasteiger partial charge is 0.373 e. The summed E-state index contributed by atoms with van der Waals surface area (Å²) in [4.78, 5) is 21.1. The second-order valence-corrected chi connectivity index (χ2v) is 7.57. The molecule has 0 aliphatic carbocycles. The number of benzene rings is 1. The molecule has 2 atom stereocenters. The second-order valence-electron chi connectivity index (χ2n) is 6.71. The third-order valence-electron chi connectivity index (χ3n) is 4.25.